The van der Waals surface area contributed by atoms with Gasteiger partial charge in [0.05, 0.1) is 18.3 Å². The smallest absolute Gasteiger partial charge is 0.291 e. The minimum atomic E-state index is -0.212. The minimum Gasteiger partial charge on any atom is -0.366 e. The summed E-state index contributed by atoms with van der Waals surface area (Å²) in [6.07, 6.45) is 6.46. The molecular weight excluding hydrogens is 552 g/mol. The van der Waals surface area contributed by atoms with Crippen LogP contribution in [-0.4, -0.2) is 51.9 Å². The second-order valence-corrected chi connectivity index (χ2v) is 8.66. The Bertz CT molecular complexity index is 833. The van der Waals surface area contributed by atoms with E-state index in [-0.39, 0.29) is 17.0 Å². The van der Waals surface area contributed by atoms with E-state index in [1.54, 1.807) is 12.5 Å². The van der Waals surface area contributed by atoms with E-state index in [9.17, 15) is 4.79 Å². The summed E-state index contributed by atoms with van der Waals surface area (Å²) in [7, 11) is 0. The van der Waals surface area contributed by atoms with E-state index in [0.29, 0.717) is 6.04 Å². The Kier molecular flexibility index (Phi) is 13.5. The highest BCUT2D eigenvalue weighted by Gasteiger charge is 2.25. The number of aromatic nitrogens is 3. The van der Waals surface area contributed by atoms with Gasteiger partial charge in [-0.05, 0) is 53.3 Å². The highest BCUT2D eigenvalue weighted by atomic mass is 127. The fourth-order valence-electron chi connectivity index (χ4n) is 3.38. The molecule has 0 aromatic carbocycles. The molecule has 10 heteroatoms. The summed E-state index contributed by atoms with van der Waals surface area (Å²) >= 11 is 12.0. The van der Waals surface area contributed by atoms with E-state index < -0.39 is 0 Å². The average Bonchev–Trinajstić information content (AvgIpc) is 2.83. The number of hydrogen-bond donors (Lipinski definition) is 1. The topological polar surface area (TPSA) is 54.3 Å². The molecule has 0 amide bonds. The van der Waals surface area contributed by atoms with Crippen molar-refractivity contribution in [3.05, 3.63) is 51.2 Å². The Morgan fingerprint density at radius 3 is 2.47 bits per heavy atom. The lowest BCUT2D eigenvalue weighted by atomic mass is 10.0. The Hall–Kier alpha value is -0.410. The highest BCUT2D eigenvalue weighted by Crippen LogP contribution is 2.28. The maximum absolute atomic E-state index is 12.2. The molecule has 2 unspecified atom stereocenters. The van der Waals surface area contributed by atoms with Crippen LogP contribution in [0.2, 0.25) is 5.02 Å². The van der Waals surface area contributed by atoms with Crippen LogP contribution in [0, 0.1) is 0 Å². The summed E-state index contributed by atoms with van der Waals surface area (Å²) in [6, 6.07) is 4.51. The lowest BCUT2D eigenvalue weighted by Gasteiger charge is -2.39. The predicted octanol–water partition coefficient (Wildman–Crippen LogP) is 5.10. The third kappa shape index (κ3) is 6.79. The van der Waals surface area contributed by atoms with Crippen molar-refractivity contribution in [3.63, 3.8) is 0 Å². The minimum absolute atomic E-state index is 0.212. The summed E-state index contributed by atoms with van der Waals surface area (Å²) in [5, 5.41) is 4.49. The van der Waals surface area contributed by atoms with E-state index in [4.69, 9.17) is 11.6 Å². The fraction of sp³-hybridized carbons (Fsp3) is 0.550. The molecule has 3 heterocycles. The van der Waals surface area contributed by atoms with Crippen molar-refractivity contribution in [3.8, 4) is 0 Å². The Balaban J connectivity index is 0.00000106. The van der Waals surface area contributed by atoms with Gasteiger partial charge in [-0.15, -0.1) is 0 Å². The van der Waals surface area contributed by atoms with Gasteiger partial charge in [0, 0.05) is 44.1 Å². The van der Waals surface area contributed by atoms with Crippen molar-refractivity contribution >= 4 is 58.3 Å². The number of thiol groups is 1. The third-order valence-electron chi connectivity index (χ3n) is 4.89. The van der Waals surface area contributed by atoms with Crippen LogP contribution in [0.5, 0.6) is 0 Å². The van der Waals surface area contributed by atoms with Gasteiger partial charge in [0.2, 0.25) is 0 Å². The van der Waals surface area contributed by atoms with Crippen molar-refractivity contribution in [1.29, 1.82) is 0 Å². The van der Waals surface area contributed by atoms with Gasteiger partial charge in [0.1, 0.15) is 5.02 Å². The lowest BCUT2D eigenvalue weighted by Crippen LogP contribution is -2.47. The van der Waals surface area contributed by atoms with Gasteiger partial charge in [-0.2, -0.15) is 17.7 Å². The maximum Gasteiger partial charge on any atom is 0.291 e. The number of nitrogens with zero attached hydrogens (tertiary/aromatic N) is 5. The molecule has 1 aliphatic heterocycles. The first kappa shape index (κ1) is 27.6. The van der Waals surface area contributed by atoms with E-state index in [0.717, 1.165) is 44.0 Å². The van der Waals surface area contributed by atoms with Gasteiger partial charge in [0.25, 0.3) is 5.56 Å². The molecule has 2 aromatic heterocycles. The van der Waals surface area contributed by atoms with Gasteiger partial charge in [-0.25, -0.2) is 4.45 Å². The zero-order valence-electron chi connectivity index (χ0n) is 18.3. The fourth-order valence-corrected chi connectivity index (χ4v) is 5.02. The Labute approximate surface area is 205 Å². The maximum atomic E-state index is 12.2. The summed E-state index contributed by atoms with van der Waals surface area (Å²) in [5.41, 5.74) is 2.99. The Morgan fingerprint density at radius 1 is 1.27 bits per heavy atom. The first-order chi connectivity index (χ1) is 14.6. The quantitative estimate of drug-likeness (QED) is 0.302. The van der Waals surface area contributed by atoms with Crippen LogP contribution in [0.15, 0.2) is 29.3 Å². The second kappa shape index (κ2) is 14.6. The number of hydrogen-bond acceptors (Lipinski definition) is 6. The van der Waals surface area contributed by atoms with E-state index in [1.165, 1.54) is 10.0 Å². The standard InChI is InChI=1S/C17H22ClIN5OP.C2H6.CH4S/c1-3-14-13(5-4-6-20-14)12(2)22-7-9-23(10-8-22)15-11-21-24(26-19)17(25)16(15)18;2*1-2/h4-6,11-12,26H,3,7-10H2,1-2H3;1-2H3;2H,1H3. The number of halogens is 2. The summed E-state index contributed by atoms with van der Waals surface area (Å²) < 4.78 is 1.40. The molecule has 1 aliphatic rings. The molecule has 1 fully saturated rings. The average molecular weight is 584 g/mol. The zero-order chi connectivity index (χ0) is 22.7. The molecule has 3 rings (SSSR count). The second-order valence-electron chi connectivity index (χ2n) is 6.24. The molecule has 0 saturated carbocycles. The first-order valence-corrected chi connectivity index (χ1v) is 15.4. The van der Waals surface area contributed by atoms with Crippen LogP contribution in [0.25, 0.3) is 0 Å². The SMILES string of the molecule is CC.CCc1ncccc1C(C)N1CCN(c2cnn(PI)c(=O)c2Cl)CC1.CS. The molecule has 168 valence electrons. The van der Waals surface area contributed by atoms with Crippen molar-refractivity contribution in [1.82, 2.24) is 19.4 Å². The molecule has 30 heavy (non-hydrogen) atoms. The van der Waals surface area contributed by atoms with Gasteiger partial charge >= 0.3 is 0 Å². The largest absolute Gasteiger partial charge is 0.366 e. The summed E-state index contributed by atoms with van der Waals surface area (Å²) in [6.45, 7) is 11.8. The van der Waals surface area contributed by atoms with E-state index >= 15 is 0 Å². The molecular formula is C20H32ClIN5OPS. The number of piperazine rings is 1. The van der Waals surface area contributed by atoms with Crippen LogP contribution in [0.3, 0.4) is 0 Å². The predicted molar refractivity (Wildman–Crippen MR) is 143 cm³/mol. The van der Waals surface area contributed by atoms with Crippen molar-refractivity contribution < 1.29 is 0 Å². The number of anilines is 1. The van der Waals surface area contributed by atoms with E-state index in [1.807, 2.05) is 26.1 Å². The number of aryl methyl sites for hydroxylation is 1. The monoisotopic (exact) mass is 583 g/mol. The number of pyridine rings is 1. The van der Waals surface area contributed by atoms with Crippen LogP contribution in [-0.2, 0) is 6.42 Å². The lowest BCUT2D eigenvalue weighted by molar-refractivity contribution is 0.197. The van der Waals surface area contributed by atoms with Gasteiger partial charge in [-0.3, -0.25) is 14.7 Å². The molecule has 2 aromatic rings. The van der Waals surface area contributed by atoms with Gasteiger partial charge in [0.15, 0.2) is 0 Å². The molecule has 0 N–H and O–H groups in total. The molecule has 1 saturated heterocycles. The van der Waals surface area contributed by atoms with Crippen molar-refractivity contribution in [2.24, 2.45) is 0 Å². The third-order valence-corrected chi connectivity index (χ3v) is 7.10. The molecule has 0 bridgehead atoms. The normalized spacial score (nSPS) is 15.3. The molecule has 6 nitrogen and oxygen atoms in total. The van der Waals surface area contributed by atoms with Crippen LogP contribution in [0.4, 0.5) is 5.69 Å². The van der Waals surface area contributed by atoms with Crippen molar-refractivity contribution in [2.75, 3.05) is 37.3 Å². The Morgan fingerprint density at radius 2 is 1.90 bits per heavy atom. The molecule has 0 radical (unpaired) electrons. The molecule has 0 spiro atoms. The van der Waals surface area contributed by atoms with Crippen molar-refractivity contribution in [2.45, 2.75) is 40.2 Å². The number of rotatable bonds is 5. The summed E-state index contributed by atoms with van der Waals surface area (Å²) in [5.74, 6) is 0. The van der Waals surface area contributed by atoms with Gasteiger partial charge < -0.3 is 4.90 Å². The van der Waals surface area contributed by atoms with E-state index in [2.05, 4.69) is 74.5 Å². The zero-order valence-corrected chi connectivity index (χ0v) is 23.1. The summed E-state index contributed by atoms with van der Waals surface area (Å²) in [4.78, 5) is 21.3. The molecule has 0 aliphatic carbocycles. The van der Waals surface area contributed by atoms with Gasteiger partial charge in [-0.1, -0.05) is 38.4 Å². The van der Waals surface area contributed by atoms with Crippen LogP contribution < -0.4 is 10.5 Å². The van der Waals surface area contributed by atoms with Crippen LogP contribution >= 0.6 is 52.6 Å². The molecule has 2 atom stereocenters. The van der Waals surface area contributed by atoms with Crippen LogP contribution in [0.1, 0.15) is 45.0 Å². The highest BCUT2D eigenvalue weighted by molar-refractivity contribution is 14.2. The first-order valence-electron chi connectivity index (χ1n) is 10.1.